The molecule has 0 amide bonds. The third-order valence-electron chi connectivity index (χ3n) is 5.87. The van der Waals surface area contributed by atoms with Crippen LogP contribution in [0.1, 0.15) is 36.8 Å². The van der Waals surface area contributed by atoms with E-state index >= 15 is 0 Å². The fourth-order valence-corrected chi connectivity index (χ4v) is 4.57. The van der Waals surface area contributed by atoms with E-state index < -0.39 is 0 Å². The Hall–Kier alpha value is -0.900. The van der Waals surface area contributed by atoms with Crippen molar-refractivity contribution < 1.29 is 9.47 Å². The van der Waals surface area contributed by atoms with Gasteiger partial charge in [-0.3, -0.25) is 0 Å². The van der Waals surface area contributed by atoms with Gasteiger partial charge >= 0.3 is 0 Å². The smallest absolute Gasteiger partial charge is 0.0729 e. The number of ether oxygens (including phenoxy) is 2. The van der Waals surface area contributed by atoms with E-state index in [-0.39, 0.29) is 11.1 Å². The minimum absolute atomic E-state index is 0.0440. The largest absolute Gasteiger partial charge is 0.381 e. The molecule has 0 bridgehead atoms. The molecule has 0 radical (unpaired) electrons. The molecule has 3 heteroatoms. The Kier molecular flexibility index (Phi) is 3.32. The number of nitrogens with two attached hydrogens (primary N) is 1. The van der Waals surface area contributed by atoms with Crippen molar-refractivity contribution in [3.63, 3.8) is 0 Å². The number of fused-ring (bicyclic) bond motifs is 1. The van der Waals surface area contributed by atoms with Gasteiger partial charge in [0.1, 0.15) is 0 Å². The second-order valence-electron chi connectivity index (χ2n) is 7.19. The van der Waals surface area contributed by atoms with Crippen LogP contribution in [0.2, 0.25) is 0 Å². The van der Waals surface area contributed by atoms with Gasteiger partial charge in [0.2, 0.25) is 0 Å². The summed E-state index contributed by atoms with van der Waals surface area (Å²) in [4.78, 5) is 0. The summed E-state index contributed by atoms with van der Waals surface area (Å²) in [5.74, 6) is 0.566. The van der Waals surface area contributed by atoms with Gasteiger partial charge in [-0.05, 0) is 55.6 Å². The Morgan fingerprint density at radius 1 is 1.00 bits per heavy atom. The lowest BCUT2D eigenvalue weighted by atomic mass is 9.70. The predicted octanol–water partition coefficient (Wildman–Crippen LogP) is 2.46. The Balaban J connectivity index is 1.54. The van der Waals surface area contributed by atoms with Gasteiger partial charge in [-0.2, -0.15) is 0 Å². The molecule has 1 spiro atoms. The number of rotatable bonds is 1. The minimum Gasteiger partial charge on any atom is -0.381 e. The topological polar surface area (TPSA) is 44.5 Å². The van der Waals surface area contributed by atoms with E-state index in [9.17, 15) is 0 Å². The highest BCUT2D eigenvalue weighted by Gasteiger charge is 2.47. The Labute approximate surface area is 126 Å². The summed E-state index contributed by atoms with van der Waals surface area (Å²) in [6, 6.07) is 8.75. The molecule has 114 valence electrons. The molecule has 1 aromatic rings. The summed E-state index contributed by atoms with van der Waals surface area (Å²) in [5.41, 5.74) is 9.76. The first-order valence-electron chi connectivity index (χ1n) is 8.27. The van der Waals surface area contributed by atoms with Gasteiger partial charge in [0.05, 0.1) is 5.60 Å². The van der Waals surface area contributed by atoms with Crippen LogP contribution in [0.15, 0.2) is 24.3 Å². The monoisotopic (exact) mass is 287 g/mol. The molecule has 2 N–H and O–H groups in total. The minimum atomic E-state index is -0.0707. The number of hydrogen-bond acceptors (Lipinski definition) is 3. The molecule has 1 aliphatic carbocycles. The lowest BCUT2D eigenvalue weighted by Gasteiger charge is -2.47. The number of hydrogen-bond donors (Lipinski definition) is 1. The second-order valence-corrected chi connectivity index (χ2v) is 7.19. The standard InChI is InChI=1S/C18H25NO2/c19-18(11-14-3-1-2-4-15(14)12-18)16-5-8-21-17(13-16)6-9-20-10-7-17/h1-4,16H,5-13,19H2. The third-order valence-corrected chi connectivity index (χ3v) is 5.87. The summed E-state index contributed by atoms with van der Waals surface area (Å²) >= 11 is 0. The van der Waals surface area contributed by atoms with Gasteiger partial charge in [-0.1, -0.05) is 24.3 Å². The predicted molar refractivity (Wildman–Crippen MR) is 82.2 cm³/mol. The first-order valence-corrected chi connectivity index (χ1v) is 8.27. The highest BCUT2D eigenvalue weighted by Crippen LogP contribution is 2.44. The Bertz CT molecular complexity index is 491. The van der Waals surface area contributed by atoms with E-state index in [0.717, 1.165) is 58.3 Å². The maximum Gasteiger partial charge on any atom is 0.0729 e. The van der Waals surface area contributed by atoms with Gasteiger partial charge in [0, 0.05) is 25.4 Å². The molecule has 2 saturated heterocycles. The summed E-state index contributed by atoms with van der Waals surface area (Å²) in [7, 11) is 0. The fourth-order valence-electron chi connectivity index (χ4n) is 4.57. The molecule has 0 saturated carbocycles. The van der Waals surface area contributed by atoms with E-state index in [2.05, 4.69) is 24.3 Å². The zero-order valence-corrected chi connectivity index (χ0v) is 12.6. The van der Waals surface area contributed by atoms with Crippen molar-refractivity contribution in [3.8, 4) is 0 Å². The van der Waals surface area contributed by atoms with E-state index in [1.54, 1.807) is 0 Å². The number of benzene rings is 1. The van der Waals surface area contributed by atoms with Crippen molar-refractivity contribution in [2.24, 2.45) is 11.7 Å². The van der Waals surface area contributed by atoms with Crippen LogP contribution in [0.4, 0.5) is 0 Å². The molecule has 21 heavy (non-hydrogen) atoms. The molecule has 1 aromatic carbocycles. The van der Waals surface area contributed by atoms with E-state index in [1.165, 1.54) is 11.1 Å². The van der Waals surface area contributed by atoms with Crippen LogP contribution in [0.5, 0.6) is 0 Å². The lowest BCUT2D eigenvalue weighted by Crippen LogP contribution is -2.55. The quantitative estimate of drug-likeness (QED) is 0.863. The molecule has 2 heterocycles. The molecular weight excluding hydrogens is 262 g/mol. The van der Waals surface area contributed by atoms with Crippen LogP contribution >= 0.6 is 0 Å². The molecule has 1 unspecified atom stereocenters. The van der Waals surface area contributed by atoms with Crippen LogP contribution in [0.3, 0.4) is 0 Å². The molecule has 3 nitrogen and oxygen atoms in total. The van der Waals surface area contributed by atoms with Crippen LogP contribution in [0, 0.1) is 5.92 Å². The van der Waals surface area contributed by atoms with Crippen molar-refractivity contribution in [2.75, 3.05) is 19.8 Å². The summed E-state index contributed by atoms with van der Waals surface area (Å²) in [6.45, 7) is 2.54. The van der Waals surface area contributed by atoms with Gasteiger partial charge in [-0.25, -0.2) is 0 Å². The highest BCUT2D eigenvalue weighted by molar-refractivity contribution is 5.36. The van der Waals surface area contributed by atoms with Crippen molar-refractivity contribution in [1.29, 1.82) is 0 Å². The van der Waals surface area contributed by atoms with E-state index in [4.69, 9.17) is 15.2 Å². The van der Waals surface area contributed by atoms with E-state index in [1.807, 2.05) is 0 Å². The summed E-state index contributed by atoms with van der Waals surface area (Å²) < 4.78 is 11.7. The summed E-state index contributed by atoms with van der Waals surface area (Å²) in [5, 5.41) is 0. The molecule has 2 aliphatic heterocycles. The first-order chi connectivity index (χ1) is 10.2. The molecular formula is C18H25NO2. The molecule has 1 atom stereocenters. The van der Waals surface area contributed by atoms with Crippen molar-refractivity contribution in [3.05, 3.63) is 35.4 Å². The summed E-state index contributed by atoms with van der Waals surface area (Å²) in [6.07, 6.45) is 6.34. The maximum atomic E-state index is 6.89. The van der Waals surface area contributed by atoms with Gasteiger partial charge in [0.15, 0.2) is 0 Å². The average molecular weight is 287 g/mol. The maximum absolute atomic E-state index is 6.89. The SMILES string of the molecule is NC1(C2CCOC3(CCOCC3)C2)Cc2ccccc2C1. The second kappa shape index (κ2) is 5.08. The van der Waals surface area contributed by atoms with Crippen molar-refractivity contribution in [1.82, 2.24) is 0 Å². The third kappa shape index (κ3) is 2.41. The Morgan fingerprint density at radius 2 is 1.67 bits per heavy atom. The van der Waals surface area contributed by atoms with Gasteiger partial charge < -0.3 is 15.2 Å². The van der Waals surface area contributed by atoms with Crippen LogP contribution in [-0.4, -0.2) is 31.0 Å². The van der Waals surface area contributed by atoms with Crippen LogP contribution < -0.4 is 5.73 Å². The van der Waals surface area contributed by atoms with Gasteiger partial charge in [0.25, 0.3) is 0 Å². The molecule has 2 fully saturated rings. The van der Waals surface area contributed by atoms with Gasteiger partial charge in [-0.15, -0.1) is 0 Å². The molecule has 0 aromatic heterocycles. The normalized spacial score (nSPS) is 30.2. The van der Waals surface area contributed by atoms with Crippen molar-refractivity contribution >= 4 is 0 Å². The molecule has 4 rings (SSSR count). The Morgan fingerprint density at radius 3 is 2.33 bits per heavy atom. The van der Waals surface area contributed by atoms with Crippen LogP contribution in [0.25, 0.3) is 0 Å². The fraction of sp³-hybridized carbons (Fsp3) is 0.667. The first kappa shape index (κ1) is 13.7. The van der Waals surface area contributed by atoms with Crippen molar-refractivity contribution in [2.45, 2.75) is 49.7 Å². The zero-order valence-electron chi connectivity index (χ0n) is 12.6. The average Bonchev–Trinajstić information content (AvgIpc) is 2.86. The lowest BCUT2D eigenvalue weighted by molar-refractivity contribution is -0.154. The highest BCUT2D eigenvalue weighted by atomic mass is 16.5. The van der Waals surface area contributed by atoms with Crippen LogP contribution in [-0.2, 0) is 22.3 Å². The zero-order chi connectivity index (χ0) is 14.3. The molecule has 3 aliphatic rings. The van der Waals surface area contributed by atoms with E-state index in [0.29, 0.717) is 5.92 Å².